The summed E-state index contributed by atoms with van der Waals surface area (Å²) < 4.78 is 5.41. The highest BCUT2D eigenvalue weighted by Gasteiger charge is 2.29. The van der Waals surface area contributed by atoms with Crippen molar-refractivity contribution in [3.63, 3.8) is 0 Å². The monoisotopic (exact) mass is 310 g/mol. The molecule has 1 aromatic heterocycles. The van der Waals surface area contributed by atoms with Crippen LogP contribution in [0.15, 0.2) is 12.3 Å². The minimum atomic E-state index is -0.440. The number of rotatable bonds is 2. The number of aryl methyl sites for hydroxylation is 1. The summed E-state index contributed by atoms with van der Waals surface area (Å²) >= 11 is 5.99. The fourth-order valence-electron chi connectivity index (χ4n) is 2.50. The summed E-state index contributed by atoms with van der Waals surface area (Å²) in [6.45, 7) is 9.14. The molecule has 0 aromatic carbocycles. The summed E-state index contributed by atoms with van der Waals surface area (Å²) in [5, 5.41) is 0.695. The van der Waals surface area contributed by atoms with Gasteiger partial charge in [0.25, 0.3) is 0 Å². The molecule has 0 saturated carbocycles. The molecule has 0 aliphatic carbocycles. The smallest absolute Gasteiger partial charge is 0.410 e. The highest BCUT2D eigenvalue weighted by Crippen LogP contribution is 2.23. The standard InChI is InChI=1S/C16H23ClN2O2/c1-11-7-13(18-9-14(11)17)8-12-5-6-19(10-12)15(20)21-16(2,3)4/h7,9,12H,5-6,8,10H2,1-4H3/t12-/m0/s1. The van der Waals surface area contributed by atoms with E-state index in [4.69, 9.17) is 16.3 Å². The highest BCUT2D eigenvalue weighted by molar-refractivity contribution is 6.31. The molecule has 1 amide bonds. The van der Waals surface area contributed by atoms with E-state index in [1.165, 1.54) is 0 Å². The minimum Gasteiger partial charge on any atom is -0.444 e. The molecule has 2 rings (SSSR count). The van der Waals surface area contributed by atoms with E-state index in [9.17, 15) is 4.79 Å². The minimum absolute atomic E-state index is 0.217. The van der Waals surface area contributed by atoms with Crippen molar-refractivity contribution < 1.29 is 9.53 Å². The van der Waals surface area contributed by atoms with Crippen molar-refractivity contribution >= 4 is 17.7 Å². The van der Waals surface area contributed by atoms with Crippen molar-refractivity contribution in [2.24, 2.45) is 5.92 Å². The third-order valence-corrected chi connectivity index (χ3v) is 3.93. The molecule has 0 radical (unpaired) electrons. The molecule has 21 heavy (non-hydrogen) atoms. The topological polar surface area (TPSA) is 42.4 Å². The number of ether oxygens (including phenoxy) is 1. The van der Waals surface area contributed by atoms with Gasteiger partial charge in [-0.25, -0.2) is 4.79 Å². The first-order valence-corrected chi connectivity index (χ1v) is 7.71. The number of nitrogens with zero attached hydrogens (tertiary/aromatic N) is 2. The van der Waals surface area contributed by atoms with E-state index in [1.54, 1.807) is 11.1 Å². The number of likely N-dealkylation sites (tertiary alicyclic amines) is 1. The molecule has 0 bridgehead atoms. The maximum atomic E-state index is 12.0. The molecule has 1 saturated heterocycles. The molecule has 5 heteroatoms. The summed E-state index contributed by atoms with van der Waals surface area (Å²) in [7, 11) is 0. The molecule has 2 heterocycles. The number of halogens is 1. The van der Waals surface area contributed by atoms with Gasteiger partial charge in [0, 0.05) is 25.0 Å². The van der Waals surface area contributed by atoms with Gasteiger partial charge in [0.2, 0.25) is 0 Å². The number of hydrogen-bond acceptors (Lipinski definition) is 3. The van der Waals surface area contributed by atoms with E-state index >= 15 is 0 Å². The summed E-state index contributed by atoms with van der Waals surface area (Å²) in [4.78, 5) is 18.2. The molecule has 1 atom stereocenters. The predicted octanol–water partition coefficient (Wildman–Crippen LogP) is 3.84. The normalized spacial score (nSPS) is 18.9. The van der Waals surface area contributed by atoms with Gasteiger partial charge in [-0.3, -0.25) is 4.98 Å². The third-order valence-electron chi connectivity index (χ3n) is 3.54. The van der Waals surface area contributed by atoms with Gasteiger partial charge in [0.15, 0.2) is 0 Å². The van der Waals surface area contributed by atoms with Crippen LogP contribution in [0.2, 0.25) is 5.02 Å². The Labute approximate surface area is 131 Å². The van der Waals surface area contributed by atoms with Crippen LogP contribution in [-0.2, 0) is 11.2 Å². The second kappa shape index (κ2) is 6.22. The van der Waals surface area contributed by atoms with Gasteiger partial charge in [-0.2, -0.15) is 0 Å². The Kier molecular flexibility index (Phi) is 4.77. The first-order valence-electron chi connectivity index (χ1n) is 7.33. The first kappa shape index (κ1) is 16.1. The van der Waals surface area contributed by atoms with Crippen LogP contribution in [0.1, 0.15) is 38.4 Å². The quantitative estimate of drug-likeness (QED) is 0.833. The van der Waals surface area contributed by atoms with Crippen LogP contribution in [-0.4, -0.2) is 34.7 Å². The zero-order chi connectivity index (χ0) is 15.6. The lowest BCUT2D eigenvalue weighted by Crippen LogP contribution is -2.35. The van der Waals surface area contributed by atoms with E-state index in [0.717, 1.165) is 37.2 Å². The van der Waals surface area contributed by atoms with Crippen LogP contribution >= 0.6 is 11.6 Å². The lowest BCUT2D eigenvalue weighted by molar-refractivity contribution is 0.0288. The number of amides is 1. The zero-order valence-corrected chi connectivity index (χ0v) is 13.9. The van der Waals surface area contributed by atoms with Gasteiger partial charge >= 0.3 is 6.09 Å². The Hall–Kier alpha value is -1.29. The fourth-order valence-corrected chi connectivity index (χ4v) is 2.60. The van der Waals surface area contributed by atoms with Crippen LogP contribution in [0.5, 0.6) is 0 Å². The lowest BCUT2D eigenvalue weighted by Gasteiger charge is -2.24. The molecule has 1 aliphatic heterocycles. The summed E-state index contributed by atoms with van der Waals surface area (Å²) in [5.41, 5.74) is 1.64. The average Bonchev–Trinajstić information content (AvgIpc) is 2.80. The van der Waals surface area contributed by atoms with Crippen LogP contribution in [0.4, 0.5) is 4.79 Å². The molecule has 1 fully saturated rings. The van der Waals surface area contributed by atoms with Crippen LogP contribution in [0.25, 0.3) is 0 Å². The largest absolute Gasteiger partial charge is 0.444 e. The second-order valence-corrected chi connectivity index (χ2v) is 7.12. The number of carbonyl (C=O) groups is 1. The van der Waals surface area contributed by atoms with Crippen molar-refractivity contribution in [1.29, 1.82) is 0 Å². The Morgan fingerprint density at radius 2 is 2.24 bits per heavy atom. The van der Waals surface area contributed by atoms with Crippen LogP contribution in [0, 0.1) is 12.8 Å². The van der Waals surface area contributed by atoms with Crippen LogP contribution in [0.3, 0.4) is 0 Å². The van der Waals surface area contributed by atoms with Gasteiger partial charge in [-0.15, -0.1) is 0 Å². The van der Waals surface area contributed by atoms with E-state index in [-0.39, 0.29) is 6.09 Å². The maximum Gasteiger partial charge on any atom is 0.410 e. The van der Waals surface area contributed by atoms with Gasteiger partial charge in [0.1, 0.15) is 5.60 Å². The van der Waals surface area contributed by atoms with E-state index in [1.807, 2.05) is 33.8 Å². The number of pyridine rings is 1. The molecule has 0 N–H and O–H groups in total. The van der Waals surface area contributed by atoms with Crippen molar-refractivity contribution in [2.45, 2.75) is 46.1 Å². The number of hydrogen-bond donors (Lipinski definition) is 0. The molecule has 116 valence electrons. The van der Waals surface area contributed by atoms with E-state index < -0.39 is 5.60 Å². The van der Waals surface area contributed by atoms with Crippen molar-refractivity contribution in [3.05, 3.63) is 28.5 Å². The van der Waals surface area contributed by atoms with Crippen LogP contribution < -0.4 is 0 Å². The summed E-state index contributed by atoms with van der Waals surface area (Å²) in [6, 6.07) is 2.03. The predicted molar refractivity (Wildman–Crippen MR) is 83.6 cm³/mol. The van der Waals surface area contributed by atoms with Gasteiger partial charge in [0.05, 0.1) is 5.02 Å². The Bertz CT molecular complexity index is 525. The molecule has 0 spiro atoms. The van der Waals surface area contributed by atoms with Gasteiger partial charge in [-0.05, 0) is 58.1 Å². The Morgan fingerprint density at radius 3 is 2.86 bits per heavy atom. The molecule has 1 aromatic rings. The first-order chi connectivity index (χ1) is 9.74. The number of aromatic nitrogens is 1. The van der Waals surface area contributed by atoms with Gasteiger partial charge in [-0.1, -0.05) is 11.6 Å². The Balaban J connectivity index is 1.90. The second-order valence-electron chi connectivity index (χ2n) is 6.71. The molecule has 4 nitrogen and oxygen atoms in total. The van der Waals surface area contributed by atoms with Crippen molar-refractivity contribution in [3.8, 4) is 0 Å². The number of carbonyl (C=O) groups excluding carboxylic acids is 1. The van der Waals surface area contributed by atoms with Crippen molar-refractivity contribution in [1.82, 2.24) is 9.88 Å². The average molecular weight is 311 g/mol. The van der Waals surface area contributed by atoms with E-state index in [0.29, 0.717) is 10.9 Å². The molecule has 0 unspecified atom stereocenters. The summed E-state index contributed by atoms with van der Waals surface area (Å²) in [5.74, 6) is 0.436. The van der Waals surface area contributed by atoms with Crippen molar-refractivity contribution in [2.75, 3.05) is 13.1 Å². The highest BCUT2D eigenvalue weighted by atomic mass is 35.5. The zero-order valence-electron chi connectivity index (χ0n) is 13.1. The SMILES string of the molecule is Cc1cc(C[C@@H]2CCN(C(=O)OC(C)(C)C)C2)ncc1Cl. The maximum absolute atomic E-state index is 12.0. The summed E-state index contributed by atoms with van der Waals surface area (Å²) in [6.07, 6.45) is 3.34. The molecular formula is C16H23ClN2O2. The van der Waals surface area contributed by atoms with E-state index in [2.05, 4.69) is 4.98 Å². The Morgan fingerprint density at radius 1 is 1.52 bits per heavy atom. The lowest BCUT2D eigenvalue weighted by atomic mass is 10.0. The fraction of sp³-hybridized carbons (Fsp3) is 0.625. The molecule has 1 aliphatic rings. The van der Waals surface area contributed by atoms with Gasteiger partial charge < -0.3 is 9.64 Å². The molecular weight excluding hydrogens is 288 g/mol. The third kappa shape index (κ3) is 4.60.